The van der Waals surface area contributed by atoms with Crippen molar-refractivity contribution >= 4 is 27.7 Å². The molecule has 0 bridgehead atoms. The molecule has 3 aromatic carbocycles. The summed E-state index contributed by atoms with van der Waals surface area (Å²) < 4.78 is 6.51. The maximum absolute atomic E-state index is 10.5. The number of pyridine rings is 1. The fraction of sp³-hybridized carbons (Fsp3) is 0.366. The standard InChI is InChI=1S/C33H32NO.C8H15NO.Ir/c1-18(2)13-22-11-12-28-25(17-22)31-32(35-28)24-10-8-9-23(30(24)33(31,6)7)26-16-21(5)29-20(4)14-19(3)15-27(29)34-26;1-6(2)9-7(3)5-8(4)10;/h8,10-12,14-18H,13H2,1-7H3;5-6H,1-4H3,(H,9,10);/q-1;;/p-1. The molecule has 0 N–H and O–H groups in total. The molecule has 0 spiro atoms. The van der Waals surface area contributed by atoms with Crippen molar-refractivity contribution in [3.05, 3.63) is 105 Å². The number of benzene rings is 3. The molecular formula is C41H46IrN2O2-2. The molecular weight excluding hydrogens is 745 g/mol. The number of nitrogens with zero attached hydrogens (tertiary/aromatic N) is 2. The predicted molar refractivity (Wildman–Crippen MR) is 189 cm³/mol. The van der Waals surface area contributed by atoms with Crippen LogP contribution >= 0.6 is 0 Å². The van der Waals surface area contributed by atoms with E-state index in [0.29, 0.717) is 5.92 Å². The normalized spacial score (nSPS) is 13.4. The van der Waals surface area contributed by atoms with E-state index in [1.54, 1.807) is 6.08 Å². The van der Waals surface area contributed by atoms with Gasteiger partial charge in [-0.3, -0.25) is 9.78 Å². The van der Waals surface area contributed by atoms with E-state index in [1.807, 2.05) is 26.8 Å². The van der Waals surface area contributed by atoms with Crippen LogP contribution in [0.2, 0.25) is 0 Å². The molecule has 0 fully saturated rings. The third-order valence-electron chi connectivity index (χ3n) is 8.47. The van der Waals surface area contributed by atoms with Crippen molar-refractivity contribution < 1.29 is 29.3 Å². The molecule has 2 heterocycles. The Labute approximate surface area is 288 Å². The number of carbonyl (C=O) groups is 1. The SMILES string of the molecule is CC(=O)/C=C(/C)[N-]C(C)C.Cc1cc(C)c2c(C)cc(-c3[c-]ccc4c3C(C)(C)c3c-4oc4ccc(CC(C)C)cc34)nc2c1.[Ir]. The van der Waals surface area contributed by atoms with Crippen molar-refractivity contribution in [3.8, 4) is 22.6 Å². The molecule has 0 saturated carbocycles. The number of allylic oxidation sites excluding steroid dienone is 2. The molecule has 2 aromatic heterocycles. The number of aryl methyl sites for hydroxylation is 3. The monoisotopic (exact) mass is 791 g/mol. The van der Waals surface area contributed by atoms with Gasteiger partial charge in [-0.1, -0.05) is 72.2 Å². The second kappa shape index (κ2) is 13.7. The summed E-state index contributed by atoms with van der Waals surface area (Å²) >= 11 is 0. The van der Waals surface area contributed by atoms with E-state index in [2.05, 4.69) is 102 Å². The summed E-state index contributed by atoms with van der Waals surface area (Å²) in [5.74, 6) is 1.68. The van der Waals surface area contributed by atoms with Crippen molar-refractivity contribution in [1.29, 1.82) is 0 Å². The van der Waals surface area contributed by atoms with Gasteiger partial charge in [-0.2, -0.15) is 5.70 Å². The van der Waals surface area contributed by atoms with Gasteiger partial charge in [-0.05, 0) is 97.7 Å². The van der Waals surface area contributed by atoms with Crippen LogP contribution in [0.4, 0.5) is 0 Å². The van der Waals surface area contributed by atoms with Crippen LogP contribution in [0, 0.1) is 32.8 Å². The fourth-order valence-electron chi connectivity index (χ4n) is 7.07. The first-order valence-electron chi connectivity index (χ1n) is 16.1. The predicted octanol–water partition coefficient (Wildman–Crippen LogP) is 11.1. The van der Waals surface area contributed by atoms with Crippen LogP contribution in [-0.4, -0.2) is 16.8 Å². The van der Waals surface area contributed by atoms with Gasteiger partial charge in [0.05, 0.1) is 5.52 Å². The average Bonchev–Trinajstić information content (AvgIpc) is 3.40. The van der Waals surface area contributed by atoms with E-state index in [4.69, 9.17) is 9.40 Å². The van der Waals surface area contributed by atoms with E-state index in [0.717, 1.165) is 40.2 Å². The Hall–Kier alpha value is -3.53. The first-order chi connectivity index (χ1) is 21.2. The third kappa shape index (κ3) is 6.92. The molecule has 0 saturated heterocycles. The molecule has 5 heteroatoms. The number of hydrogen-bond acceptors (Lipinski definition) is 3. The van der Waals surface area contributed by atoms with Crippen molar-refractivity contribution in [2.75, 3.05) is 0 Å². The zero-order chi connectivity index (χ0) is 32.8. The topological polar surface area (TPSA) is 57.2 Å². The molecule has 4 nitrogen and oxygen atoms in total. The molecule has 1 radical (unpaired) electrons. The van der Waals surface area contributed by atoms with E-state index in [1.165, 1.54) is 56.6 Å². The largest absolute Gasteiger partial charge is 0.686 e. The summed E-state index contributed by atoms with van der Waals surface area (Å²) in [5, 5.41) is 6.64. The first-order valence-corrected chi connectivity index (χ1v) is 16.1. The third-order valence-corrected chi connectivity index (χ3v) is 8.47. The van der Waals surface area contributed by atoms with Crippen LogP contribution in [-0.2, 0) is 36.7 Å². The molecule has 1 aliphatic carbocycles. The molecule has 1 aliphatic rings. The van der Waals surface area contributed by atoms with Gasteiger partial charge in [0, 0.05) is 36.4 Å². The number of fused-ring (bicyclic) bond motifs is 6. The van der Waals surface area contributed by atoms with E-state index < -0.39 is 0 Å². The first kappa shape index (κ1) is 35.3. The van der Waals surface area contributed by atoms with Gasteiger partial charge in [0.15, 0.2) is 5.78 Å². The number of carbonyl (C=O) groups excluding carboxylic acids is 1. The van der Waals surface area contributed by atoms with E-state index >= 15 is 0 Å². The van der Waals surface area contributed by atoms with Gasteiger partial charge in [-0.25, -0.2) is 0 Å². The Morgan fingerprint density at radius 1 is 0.978 bits per heavy atom. The van der Waals surface area contributed by atoms with Crippen LogP contribution in [0.5, 0.6) is 0 Å². The quantitative estimate of drug-likeness (QED) is 0.127. The maximum Gasteiger partial charge on any atom is 0.151 e. The fourth-order valence-corrected chi connectivity index (χ4v) is 7.07. The van der Waals surface area contributed by atoms with Crippen LogP contribution in [0.25, 0.3) is 49.8 Å². The Morgan fingerprint density at radius 3 is 2.33 bits per heavy atom. The van der Waals surface area contributed by atoms with Crippen molar-refractivity contribution in [3.63, 3.8) is 0 Å². The summed E-state index contributed by atoms with van der Waals surface area (Å²) in [6.07, 6.45) is 2.61. The average molecular weight is 791 g/mol. The Balaban J connectivity index is 0.000000381. The van der Waals surface area contributed by atoms with Gasteiger partial charge >= 0.3 is 0 Å². The van der Waals surface area contributed by atoms with Gasteiger partial charge < -0.3 is 9.73 Å². The van der Waals surface area contributed by atoms with E-state index in [9.17, 15) is 4.79 Å². The van der Waals surface area contributed by atoms with Crippen LogP contribution in [0.1, 0.15) is 88.8 Å². The summed E-state index contributed by atoms with van der Waals surface area (Å²) in [6.45, 7) is 23.0. The van der Waals surface area contributed by atoms with E-state index in [-0.39, 0.29) is 37.3 Å². The molecule has 5 aromatic rings. The number of hydrogen-bond donors (Lipinski definition) is 0. The Morgan fingerprint density at radius 2 is 1.67 bits per heavy atom. The van der Waals surface area contributed by atoms with Gasteiger partial charge in [-0.15, -0.1) is 35.4 Å². The van der Waals surface area contributed by atoms with Crippen molar-refractivity contribution in [2.45, 2.75) is 94.0 Å². The number of aromatic nitrogens is 1. The smallest absolute Gasteiger partial charge is 0.151 e. The van der Waals surface area contributed by atoms with Gasteiger partial charge in [0.2, 0.25) is 0 Å². The molecule has 0 atom stereocenters. The van der Waals surface area contributed by atoms with Gasteiger partial charge in [0.25, 0.3) is 0 Å². The summed E-state index contributed by atoms with van der Waals surface area (Å²) in [7, 11) is 0. The molecule has 0 amide bonds. The molecule has 0 aliphatic heterocycles. The zero-order valence-electron chi connectivity index (χ0n) is 29.1. The molecule has 6 rings (SSSR count). The summed E-state index contributed by atoms with van der Waals surface area (Å²) in [6, 6.07) is 21.4. The summed E-state index contributed by atoms with van der Waals surface area (Å²) in [4.78, 5) is 15.7. The van der Waals surface area contributed by atoms with Crippen LogP contribution in [0.3, 0.4) is 0 Å². The minimum absolute atomic E-state index is 0. The molecule has 243 valence electrons. The molecule has 46 heavy (non-hydrogen) atoms. The Bertz CT molecular complexity index is 1960. The Kier molecular flexibility index (Phi) is 10.5. The van der Waals surface area contributed by atoms with Gasteiger partial charge in [0.1, 0.15) is 11.3 Å². The maximum atomic E-state index is 10.5. The van der Waals surface area contributed by atoms with Crippen molar-refractivity contribution in [2.24, 2.45) is 5.92 Å². The number of furan rings is 1. The number of rotatable bonds is 6. The van der Waals surface area contributed by atoms with Crippen molar-refractivity contribution in [1.82, 2.24) is 4.98 Å². The minimum atomic E-state index is -0.216. The second-order valence-corrected chi connectivity index (χ2v) is 13.9. The second-order valence-electron chi connectivity index (χ2n) is 13.9. The molecule has 0 unspecified atom stereocenters. The summed E-state index contributed by atoms with van der Waals surface area (Å²) in [5.41, 5.74) is 13.5. The van der Waals surface area contributed by atoms with Crippen LogP contribution < -0.4 is 0 Å². The van der Waals surface area contributed by atoms with Crippen LogP contribution in [0.15, 0.2) is 64.7 Å². The minimum Gasteiger partial charge on any atom is -0.686 e. The zero-order valence-corrected chi connectivity index (χ0v) is 31.5. The number of ketones is 1.